The van der Waals surface area contributed by atoms with Crippen LogP contribution in [0.3, 0.4) is 0 Å². The molecule has 4 nitrogen and oxygen atoms in total. The van der Waals surface area contributed by atoms with E-state index in [2.05, 4.69) is 35.4 Å². The average Bonchev–Trinajstić information content (AvgIpc) is 2.83. The van der Waals surface area contributed by atoms with Gasteiger partial charge in [-0.1, -0.05) is 37.1 Å². The van der Waals surface area contributed by atoms with Crippen molar-refractivity contribution < 1.29 is 4.52 Å². The van der Waals surface area contributed by atoms with E-state index in [1.807, 2.05) is 25.1 Å². The molecule has 0 saturated heterocycles. The molecule has 102 valence electrons. The topological polar surface area (TPSA) is 51.0 Å². The number of hydrogen-bond donors (Lipinski definition) is 1. The molecule has 0 radical (unpaired) electrons. The Morgan fingerprint density at radius 1 is 1.32 bits per heavy atom. The fourth-order valence-electron chi connectivity index (χ4n) is 2.05. The van der Waals surface area contributed by atoms with Crippen molar-refractivity contribution in [2.75, 3.05) is 5.32 Å². The zero-order valence-electron chi connectivity index (χ0n) is 11.8. The molecule has 19 heavy (non-hydrogen) atoms. The second kappa shape index (κ2) is 6.36. The number of hydrogen-bond acceptors (Lipinski definition) is 4. The highest BCUT2D eigenvalue weighted by atomic mass is 16.5. The number of benzene rings is 1. The third-order valence-corrected chi connectivity index (χ3v) is 3.08. The first-order chi connectivity index (χ1) is 9.20. The number of nitrogens with zero attached hydrogens (tertiary/aromatic N) is 2. The van der Waals surface area contributed by atoms with Crippen LogP contribution in [0.1, 0.15) is 38.9 Å². The normalized spacial score (nSPS) is 12.4. The minimum atomic E-state index is 0.435. The van der Waals surface area contributed by atoms with Crippen molar-refractivity contribution in [3.8, 4) is 11.5 Å². The summed E-state index contributed by atoms with van der Waals surface area (Å²) in [6.45, 7) is 6.24. The van der Waals surface area contributed by atoms with E-state index in [1.165, 1.54) is 12.8 Å². The van der Waals surface area contributed by atoms with E-state index in [9.17, 15) is 0 Å². The van der Waals surface area contributed by atoms with Crippen LogP contribution in [-0.2, 0) is 0 Å². The third-order valence-electron chi connectivity index (χ3n) is 3.08. The maximum absolute atomic E-state index is 5.25. The van der Waals surface area contributed by atoms with Gasteiger partial charge in [-0.15, -0.1) is 0 Å². The molecule has 0 aliphatic heterocycles. The molecule has 0 saturated carbocycles. The van der Waals surface area contributed by atoms with Crippen LogP contribution in [0.15, 0.2) is 28.8 Å². The van der Waals surface area contributed by atoms with Crippen molar-refractivity contribution in [3.63, 3.8) is 0 Å². The average molecular weight is 259 g/mol. The molecular weight excluding hydrogens is 238 g/mol. The van der Waals surface area contributed by atoms with Crippen LogP contribution in [0.4, 0.5) is 5.69 Å². The predicted octanol–water partition coefficient (Wildman–Crippen LogP) is 4.04. The van der Waals surface area contributed by atoms with Gasteiger partial charge >= 0.3 is 0 Å². The number of anilines is 1. The summed E-state index contributed by atoms with van der Waals surface area (Å²) in [7, 11) is 0. The predicted molar refractivity (Wildman–Crippen MR) is 77.1 cm³/mol. The number of rotatable bonds is 6. The molecule has 1 aromatic carbocycles. The first kappa shape index (κ1) is 13.6. The molecule has 0 fully saturated rings. The fraction of sp³-hybridized carbons (Fsp3) is 0.467. The van der Waals surface area contributed by atoms with Crippen molar-refractivity contribution in [2.24, 2.45) is 0 Å². The lowest BCUT2D eigenvalue weighted by atomic mass is 10.1. The summed E-state index contributed by atoms with van der Waals surface area (Å²) in [5, 5.41) is 7.37. The molecule has 0 amide bonds. The molecule has 1 atom stereocenters. The standard InChI is InChI=1S/C15H21N3O/c1-4-5-8-11(2)16-14-10-7-6-9-13(14)15-17-12(3)18-19-15/h6-7,9-11,16H,4-5,8H2,1-3H3. The first-order valence-electron chi connectivity index (χ1n) is 6.87. The lowest BCUT2D eigenvalue weighted by Gasteiger charge is -2.16. The maximum atomic E-state index is 5.25. The van der Waals surface area contributed by atoms with Crippen LogP contribution in [0.2, 0.25) is 0 Å². The number of aryl methyl sites for hydroxylation is 1. The van der Waals surface area contributed by atoms with E-state index >= 15 is 0 Å². The van der Waals surface area contributed by atoms with E-state index in [0.717, 1.165) is 17.7 Å². The van der Waals surface area contributed by atoms with Gasteiger partial charge in [-0.25, -0.2) is 0 Å². The summed E-state index contributed by atoms with van der Waals surface area (Å²) in [5.74, 6) is 1.23. The van der Waals surface area contributed by atoms with Gasteiger partial charge in [0.05, 0.1) is 5.56 Å². The zero-order chi connectivity index (χ0) is 13.7. The van der Waals surface area contributed by atoms with Crippen LogP contribution in [0, 0.1) is 6.92 Å². The van der Waals surface area contributed by atoms with Crippen LogP contribution in [0.25, 0.3) is 11.5 Å². The summed E-state index contributed by atoms with van der Waals surface area (Å²) < 4.78 is 5.25. The molecule has 2 aromatic rings. The lowest BCUT2D eigenvalue weighted by molar-refractivity contribution is 0.425. The quantitative estimate of drug-likeness (QED) is 0.850. The van der Waals surface area contributed by atoms with Gasteiger partial charge in [0.15, 0.2) is 5.82 Å². The Morgan fingerprint density at radius 3 is 2.79 bits per heavy atom. The maximum Gasteiger partial charge on any atom is 0.260 e. The molecule has 1 heterocycles. The van der Waals surface area contributed by atoms with E-state index in [0.29, 0.717) is 17.8 Å². The Kier molecular flexibility index (Phi) is 4.55. The molecule has 0 bridgehead atoms. The summed E-state index contributed by atoms with van der Waals surface area (Å²) >= 11 is 0. The van der Waals surface area contributed by atoms with Crippen LogP contribution in [-0.4, -0.2) is 16.2 Å². The highest BCUT2D eigenvalue weighted by molar-refractivity contribution is 5.72. The Bertz CT molecular complexity index is 522. The summed E-state index contributed by atoms with van der Waals surface area (Å²) in [6.07, 6.45) is 3.61. The summed E-state index contributed by atoms with van der Waals surface area (Å²) in [6, 6.07) is 8.49. The van der Waals surface area contributed by atoms with Gasteiger partial charge in [-0.2, -0.15) is 4.98 Å². The third kappa shape index (κ3) is 3.56. The molecule has 1 N–H and O–H groups in total. The van der Waals surface area contributed by atoms with Gasteiger partial charge in [0, 0.05) is 11.7 Å². The fourth-order valence-corrected chi connectivity index (χ4v) is 2.05. The van der Waals surface area contributed by atoms with Gasteiger partial charge in [0.25, 0.3) is 5.89 Å². The molecule has 4 heteroatoms. The van der Waals surface area contributed by atoms with Gasteiger partial charge in [0.2, 0.25) is 0 Å². The molecule has 0 spiro atoms. The summed E-state index contributed by atoms with van der Waals surface area (Å²) in [4.78, 5) is 4.29. The number of unbranched alkanes of at least 4 members (excludes halogenated alkanes) is 1. The van der Waals surface area contributed by atoms with Crippen molar-refractivity contribution in [2.45, 2.75) is 46.1 Å². The van der Waals surface area contributed by atoms with E-state index in [-0.39, 0.29) is 0 Å². The minimum Gasteiger partial charge on any atom is -0.382 e. The van der Waals surface area contributed by atoms with Crippen LogP contribution < -0.4 is 5.32 Å². The smallest absolute Gasteiger partial charge is 0.260 e. The molecular formula is C15H21N3O. The molecule has 0 aliphatic carbocycles. The number of nitrogens with one attached hydrogen (secondary N) is 1. The Morgan fingerprint density at radius 2 is 2.11 bits per heavy atom. The SMILES string of the molecule is CCCCC(C)Nc1ccccc1-c1nc(C)no1. The highest BCUT2D eigenvalue weighted by Gasteiger charge is 2.12. The van der Waals surface area contributed by atoms with Crippen molar-refractivity contribution >= 4 is 5.69 Å². The van der Waals surface area contributed by atoms with Crippen molar-refractivity contribution in [3.05, 3.63) is 30.1 Å². The monoisotopic (exact) mass is 259 g/mol. The molecule has 1 unspecified atom stereocenters. The second-order valence-corrected chi connectivity index (χ2v) is 4.88. The van der Waals surface area contributed by atoms with Gasteiger partial charge in [0.1, 0.15) is 0 Å². The Balaban J connectivity index is 2.17. The Labute approximate surface area is 114 Å². The Hall–Kier alpha value is -1.84. The van der Waals surface area contributed by atoms with E-state index in [1.54, 1.807) is 0 Å². The van der Waals surface area contributed by atoms with E-state index < -0.39 is 0 Å². The van der Waals surface area contributed by atoms with Crippen molar-refractivity contribution in [1.82, 2.24) is 10.1 Å². The number of aromatic nitrogens is 2. The second-order valence-electron chi connectivity index (χ2n) is 4.88. The zero-order valence-corrected chi connectivity index (χ0v) is 11.8. The van der Waals surface area contributed by atoms with Gasteiger partial charge in [-0.05, 0) is 32.4 Å². The molecule has 1 aromatic heterocycles. The van der Waals surface area contributed by atoms with Crippen LogP contribution >= 0.6 is 0 Å². The minimum absolute atomic E-state index is 0.435. The first-order valence-corrected chi connectivity index (χ1v) is 6.87. The van der Waals surface area contributed by atoms with Crippen molar-refractivity contribution in [1.29, 1.82) is 0 Å². The van der Waals surface area contributed by atoms with Gasteiger partial charge < -0.3 is 9.84 Å². The number of para-hydroxylation sites is 1. The highest BCUT2D eigenvalue weighted by Crippen LogP contribution is 2.27. The molecule has 0 aliphatic rings. The lowest BCUT2D eigenvalue weighted by Crippen LogP contribution is -2.15. The van der Waals surface area contributed by atoms with Gasteiger partial charge in [-0.3, -0.25) is 0 Å². The molecule has 2 rings (SSSR count). The van der Waals surface area contributed by atoms with Crippen LogP contribution in [0.5, 0.6) is 0 Å². The summed E-state index contributed by atoms with van der Waals surface area (Å²) in [5.41, 5.74) is 2.02. The van der Waals surface area contributed by atoms with E-state index in [4.69, 9.17) is 4.52 Å². The largest absolute Gasteiger partial charge is 0.382 e.